The van der Waals surface area contributed by atoms with Crippen LogP contribution in [0.5, 0.6) is 0 Å². The number of rotatable bonds is 5. The number of carbonyl (C=O) groups is 1. The molecule has 0 bridgehead atoms. The van der Waals surface area contributed by atoms with E-state index in [1.165, 1.54) is 17.3 Å². The second kappa shape index (κ2) is 8.19. The van der Waals surface area contributed by atoms with Crippen molar-refractivity contribution in [3.8, 4) is 11.4 Å². The smallest absolute Gasteiger partial charge is 0.237 e. The zero-order valence-electron chi connectivity index (χ0n) is 17.2. The quantitative estimate of drug-likeness (QED) is 0.629. The van der Waals surface area contributed by atoms with Crippen LogP contribution < -0.4 is 5.32 Å². The minimum atomic E-state index is -0.298. The van der Waals surface area contributed by atoms with Gasteiger partial charge in [-0.05, 0) is 51.3 Å². The number of hydrogen-bond donors (Lipinski definition) is 1. The molecule has 1 N–H and O–H groups in total. The lowest BCUT2D eigenvalue weighted by atomic mass is 10.1. The van der Waals surface area contributed by atoms with Gasteiger partial charge in [-0.15, -0.1) is 10.2 Å². The maximum absolute atomic E-state index is 12.8. The fourth-order valence-electron chi connectivity index (χ4n) is 3.29. The van der Waals surface area contributed by atoms with Crippen molar-refractivity contribution in [2.24, 2.45) is 7.05 Å². The molecule has 3 aromatic rings. The summed E-state index contributed by atoms with van der Waals surface area (Å²) in [5.74, 6) is 0.763. The lowest BCUT2D eigenvalue weighted by molar-refractivity contribution is -0.115. The van der Waals surface area contributed by atoms with Crippen LogP contribution in [0.25, 0.3) is 11.4 Å². The number of thioether (sulfide) groups is 1. The van der Waals surface area contributed by atoms with Crippen molar-refractivity contribution in [2.45, 2.75) is 45.0 Å². The highest BCUT2D eigenvalue weighted by Crippen LogP contribution is 2.28. The van der Waals surface area contributed by atoms with Gasteiger partial charge in [0.15, 0.2) is 11.0 Å². The van der Waals surface area contributed by atoms with Gasteiger partial charge < -0.3 is 9.88 Å². The summed E-state index contributed by atoms with van der Waals surface area (Å²) in [5, 5.41) is 12.1. The van der Waals surface area contributed by atoms with Crippen molar-refractivity contribution in [3.05, 3.63) is 58.7 Å². The number of benzene rings is 2. The number of nitrogens with one attached hydrogen (secondary N) is 1. The molecule has 0 radical (unpaired) electrons. The van der Waals surface area contributed by atoms with E-state index in [-0.39, 0.29) is 11.2 Å². The van der Waals surface area contributed by atoms with E-state index in [0.717, 1.165) is 38.9 Å². The minimum Gasteiger partial charge on any atom is -0.325 e. The number of carbonyl (C=O) groups excluding carboxylic acids is 1. The molecule has 146 valence electrons. The SMILES string of the molecule is Cc1cc(C)c(NC(=O)[C@H](C)Sc2nnc(-c3ccccc3C)n2C)c(C)c1. The van der Waals surface area contributed by atoms with Crippen LogP contribution in [0.2, 0.25) is 0 Å². The van der Waals surface area contributed by atoms with E-state index >= 15 is 0 Å². The molecule has 0 saturated heterocycles. The summed E-state index contributed by atoms with van der Waals surface area (Å²) < 4.78 is 1.94. The molecule has 0 spiro atoms. The number of nitrogens with zero attached hydrogens (tertiary/aromatic N) is 3. The van der Waals surface area contributed by atoms with Crippen molar-refractivity contribution in [2.75, 3.05) is 5.32 Å². The maximum atomic E-state index is 12.8. The Balaban J connectivity index is 1.76. The molecule has 0 aliphatic heterocycles. The number of anilines is 1. The third-order valence-corrected chi connectivity index (χ3v) is 5.93. The van der Waals surface area contributed by atoms with Crippen molar-refractivity contribution in [3.63, 3.8) is 0 Å². The summed E-state index contributed by atoms with van der Waals surface area (Å²) in [6, 6.07) is 12.2. The van der Waals surface area contributed by atoms with Crippen LogP contribution in [0, 0.1) is 27.7 Å². The van der Waals surface area contributed by atoms with Gasteiger partial charge in [-0.3, -0.25) is 4.79 Å². The summed E-state index contributed by atoms with van der Waals surface area (Å²) in [5.41, 5.74) is 6.42. The van der Waals surface area contributed by atoms with Gasteiger partial charge in [0.05, 0.1) is 5.25 Å². The summed E-state index contributed by atoms with van der Waals surface area (Å²) in [7, 11) is 1.93. The number of aryl methyl sites for hydroxylation is 4. The zero-order chi connectivity index (χ0) is 20.4. The molecule has 1 aromatic heterocycles. The summed E-state index contributed by atoms with van der Waals surface area (Å²) in [6.45, 7) is 10.0. The van der Waals surface area contributed by atoms with Crippen LogP contribution in [-0.2, 0) is 11.8 Å². The first-order valence-corrected chi connectivity index (χ1v) is 10.2. The van der Waals surface area contributed by atoms with Crippen molar-refractivity contribution >= 4 is 23.4 Å². The number of aromatic nitrogens is 3. The Hall–Kier alpha value is -2.60. The predicted octanol–water partition coefficient (Wildman–Crippen LogP) is 4.84. The van der Waals surface area contributed by atoms with Crippen molar-refractivity contribution in [1.82, 2.24) is 14.8 Å². The first-order valence-electron chi connectivity index (χ1n) is 9.28. The molecule has 1 heterocycles. The Bertz CT molecular complexity index is 1000. The highest BCUT2D eigenvalue weighted by atomic mass is 32.2. The Morgan fingerprint density at radius 2 is 1.68 bits per heavy atom. The topological polar surface area (TPSA) is 59.8 Å². The lowest BCUT2D eigenvalue weighted by Crippen LogP contribution is -2.23. The Kier molecular flexibility index (Phi) is 5.89. The normalized spacial score (nSPS) is 12.1. The Morgan fingerprint density at radius 3 is 2.32 bits per heavy atom. The molecule has 1 amide bonds. The molecule has 2 aromatic carbocycles. The third-order valence-electron chi connectivity index (χ3n) is 4.80. The van der Waals surface area contributed by atoms with Crippen LogP contribution in [0.4, 0.5) is 5.69 Å². The van der Waals surface area contributed by atoms with E-state index in [4.69, 9.17) is 0 Å². The molecular formula is C22H26N4OS. The molecule has 0 aliphatic carbocycles. The van der Waals surface area contributed by atoms with Crippen molar-refractivity contribution < 1.29 is 4.79 Å². The number of hydrogen-bond acceptors (Lipinski definition) is 4. The second-order valence-corrected chi connectivity index (χ2v) is 8.51. The summed E-state index contributed by atoms with van der Waals surface area (Å²) >= 11 is 1.41. The largest absolute Gasteiger partial charge is 0.325 e. The zero-order valence-corrected chi connectivity index (χ0v) is 18.0. The molecule has 5 nitrogen and oxygen atoms in total. The predicted molar refractivity (Wildman–Crippen MR) is 116 cm³/mol. The van der Waals surface area contributed by atoms with Crippen LogP contribution in [0.3, 0.4) is 0 Å². The fraction of sp³-hybridized carbons (Fsp3) is 0.318. The average Bonchev–Trinajstić information content (AvgIpc) is 2.98. The van der Waals surface area contributed by atoms with Gasteiger partial charge in [0.1, 0.15) is 0 Å². The van der Waals surface area contributed by atoms with Gasteiger partial charge >= 0.3 is 0 Å². The molecule has 1 atom stereocenters. The van der Waals surface area contributed by atoms with E-state index in [0.29, 0.717) is 0 Å². The van der Waals surface area contributed by atoms with Gasteiger partial charge in [0.2, 0.25) is 5.91 Å². The maximum Gasteiger partial charge on any atom is 0.237 e. The van der Waals surface area contributed by atoms with E-state index < -0.39 is 0 Å². The summed E-state index contributed by atoms with van der Waals surface area (Å²) in [6.07, 6.45) is 0. The highest BCUT2D eigenvalue weighted by Gasteiger charge is 2.21. The standard InChI is InChI=1S/C22H26N4OS/c1-13-11-15(3)19(16(4)12-13)23-21(27)17(5)28-22-25-24-20(26(22)6)18-10-8-7-9-14(18)2/h7-12,17H,1-6H3,(H,23,27)/t17-/m0/s1. The molecule has 0 aliphatic rings. The molecule has 6 heteroatoms. The molecule has 0 fully saturated rings. The lowest BCUT2D eigenvalue weighted by Gasteiger charge is -2.16. The molecule has 0 saturated carbocycles. The monoisotopic (exact) mass is 394 g/mol. The van der Waals surface area contributed by atoms with E-state index in [2.05, 4.69) is 47.6 Å². The highest BCUT2D eigenvalue weighted by molar-refractivity contribution is 8.00. The van der Waals surface area contributed by atoms with Crippen LogP contribution >= 0.6 is 11.8 Å². The van der Waals surface area contributed by atoms with E-state index in [1.807, 2.05) is 50.6 Å². The number of amides is 1. The van der Waals surface area contributed by atoms with Crippen LogP contribution in [0.1, 0.15) is 29.2 Å². The average molecular weight is 395 g/mol. The fourth-order valence-corrected chi connectivity index (χ4v) is 4.10. The molecular weight excluding hydrogens is 368 g/mol. The second-order valence-electron chi connectivity index (χ2n) is 7.20. The van der Waals surface area contributed by atoms with Gasteiger partial charge in [0, 0.05) is 18.3 Å². The van der Waals surface area contributed by atoms with E-state index in [1.54, 1.807) is 0 Å². The molecule has 0 unspecified atom stereocenters. The van der Waals surface area contributed by atoms with Crippen molar-refractivity contribution in [1.29, 1.82) is 0 Å². The van der Waals surface area contributed by atoms with Gasteiger partial charge in [-0.25, -0.2) is 0 Å². The third kappa shape index (κ3) is 4.12. The van der Waals surface area contributed by atoms with E-state index in [9.17, 15) is 4.79 Å². The van der Waals surface area contributed by atoms with Gasteiger partial charge in [-0.2, -0.15) is 0 Å². The molecule has 3 rings (SSSR count). The summed E-state index contributed by atoms with van der Waals surface area (Å²) in [4.78, 5) is 12.8. The Labute approximate surface area is 170 Å². The van der Waals surface area contributed by atoms with Crippen LogP contribution in [-0.4, -0.2) is 25.9 Å². The Morgan fingerprint density at radius 1 is 1.04 bits per heavy atom. The van der Waals surface area contributed by atoms with Gasteiger partial charge in [0.25, 0.3) is 0 Å². The molecule has 28 heavy (non-hydrogen) atoms. The first-order chi connectivity index (χ1) is 13.3. The first kappa shape index (κ1) is 20.1. The van der Waals surface area contributed by atoms with Crippen LogP contribution in [0.15, 0.2) is 41.6 Å². The minimum absolute atomic E-state index is 0.0412. The van der Waals surface area contributed by atoms with Gasteiger partial charge in [-0.1, -0.05) is 53.7 Å².